The highest BCUT2D eigenvalue weighted by atomic mass is 15.2. The summed E-state index contributed by atoms with van der Waals surface area (Å²) in [4.78, 5) is 0. The van der Waals surface area contributed by atoms with Gasteiger partial charge in [0.25, 0.3) is 0 Å². The van der Waals surface area contributed by atoms with Gasteiger partial charge in [0.15, 0.2) is 0 Å². The van der Waals surface area contributed by atoms with Crippen molar-refractivity contribution in [1.29, 1.82) is 0 Å². The molecular formula is C24H32N2. The molecule has 1 aromatic heterocycles. The summed E-state index contributed by atoms with van der Waals surface area (Å²) in [6.45, 7) is 11.3. The lowest BCUT2D eigenvalue weighted by atomic mass is 9.53. The third-order valence-corrected chi connectivity index (χ3v) is 7.73. The van der Waals surface area contributed by atoms with Crippen LogP contribution in [0, 0.1) is 58.7 Å². The van der Waals surface area contributed by atoms with E-state index in [1.807, 2.05) is 0 Å². The Hall–Kier alpha value is -1.57. The van der Waals surface area contributed by atoms with Gasteiger partial charge in [-0.15, -0.1) is 0 Å². The number of benzene rings is 1. The smallest absolute Gasteiger partial charge is 0.244 e. The summed E-state index contributed by atoms with van der Waals surface area (Å²) in [5, 5.41) is 0. The Kier molecular flexibility index (Phi) is 3.49. The molecule has 6 rings (SSSR count). The van der Waals surface area contributed by atoms with Crippen molar-refractivity contribution in [1.82, 2.24) is 4.57 Å². The first-order valence-electron chi connectivity index (χ1n) is 10.5. The third-order valence-electron chi connectivity index (χ3n) is 7.73. The van der Waals surface area contributed by atoms with Gasteiger partial charge in [-0.25, -0.2) is 0 Å². The number of imidazole rings is 1. The molecule has 0 saturated heterocycles. The summed E-state index contributed by atoms with van der Waals surface area (Å²) < 4.78 is 4.95. The van der Waals surface area contributed by atoms with Crippen molar-refractivity contribution in [2.24, 2.45) is 17.8 Å². The zero-order chi connectivity index (χ0) is 18.2. The fraction of sp³-hybridized carbons (Fsp3) is 0.625. The molecule has 0 spiro atoms. The summed E-state index contributed by atoms with van der Waals surface area (Å²) >= 11 is 0. The maximum absolute atomic E-state index is 3.86. The highest BCUT2D eigenvalue weighted by Crippen LogP contribution is 2.59. The van der Waals surface area contributed by atoms with Gasteiger partial charge in [0.2, 0.25) is 6.33 Å². The fourth-order valence-electron chi connectivity index (χ4n) is 7.12. The van der Waals surface area contributed by atoms with Crippen molar-refractivity contribution in [3.63, 3.8) is 0 Å². The normalized spacial score (nSPS) is 32.4. The lowest BCUT2D eigenvalue weighted by Gasteiger charge is -2.56. The van der Waals surface area contributed by atoms with E-state index in [2.05, 4.69) is 62.2 Å². The van der Waals surface area contributed by atoms with Crippen LogP contribution in [0.5, 0.6) is 0 Å². The van der Waals surface area contributed by atoms with Crippen LogP contribution in [-0.4, -0.2) is 4.57 Å². The highest BCUT2D eigenvalue weighted by Gasteiger charge is 2.54. The minimum absolute atomic E-state index is 0.349. The average Bonchev–Trinajstić information content (AvgIpc) is 2.82. The molecule has 0 unspecified atom stereocenters. The van der Waals surface area contributed by atoms with Crippen molar-refractivity contribution < 1.29 is 4.57 Å². The van der Waals surface area contributed by atoms with E-state index in [-0.39, 0.29) is 0 Å². The molecular weight excluding hydrogens is 316 g/mol. The predicted molar refractivity (Wildman–Crippen MR) is 105 cm³/mol. The summed E-state index contributed by atoms with van der Waals surface area (Å²) in [6.07, 6.45) is 12.5. The highest BCUT2D eigenvalue weighted by molar-refractivity contribution is 5.43. The molecule has 4 aliphatic rings. The molecule has 138 valence electrons. The first kappa shape index (κ1) is 16.6. The summed E-state index contributed by atoms with van der Waals surface area (Å²) in [6, 6.07) is 4.61. The van der Waals surface area contributed by atoms with Crippen LogP contribution >= 0.6 is 0 Å². The van der Waals surface area contributed by atoms with Gasteiger partial charge in [0.05, 0.1) is 11.2 Å². The topological polar surface area (TPSA) is 8.81 Å². The number of hydrogen-bond donors (Lipinski definition) is 0. The minimum Gasteiger partial charge on any atom is -0.323 e. The van der Waals surface area contributed by atoms with E-state index >= 15 is 0 Å². The molecule has 2 nitrogen and oxygen atoms in total. The molecule has 0 N–H and O–H groups in total. The maximum atomic E-state index is 3.86. The largest absolute Gasteiger partial charge is 0.323 e. The number of rotatable bonds is 2. The Bertz CT molecular complexity index is 828. The molecule has 0 amide bonds. The Labute approximate surface area is 158 Å². The van der Waals surface area contributed by atoms with Gasteiger partial charge in [0, 0.05) is 11.4 Å². The van der Waals surface area contributed by atoms with Crippen LogP contribution in [0.3, 0.4) is 0 Å². The van der Waals surface area contributed by atoms with Crippen molar-refractivity contribution in [2.45, 2.75) is 78.7 Å². The molecule has 4 bridgehead atoms. The monoisotopic (exact) mass is 348 g/mol. The lowest BCUT2D eigenvalue weighted by molar-refractivity contribution is -0.607. The van der Waals surface area contributed by atoms with Gasteiger partial charge in [-0.3, -0.25) is 0 Å². The first-order chi connectivity index (χ1) is 12.4. The van der Waals surface area contributed by atoms with E-state index < -0.39 is 0 Å². The third kappa shape index (κ3) is 2.27. The number of nitrogens with zero attached hydrogens (tertiary/aromatic N) is 2. The second kappa shape index (κ2) is 5.47. The van der Waals surface area contributed by atoms with Gasteiger partial charge in [-0.2, -0.15) is 0 Å². The van der Waals surface area contributed by atoms with Crippen molar-refractivity contribution in [3.8, 4) is 5.69 Å². The number of aromatic nitrogens is 2. The molecule has 1 heterocycles. The van der Waals surface area contributed by atoms with Gasteiger partial charge in [-0.05, 0) is 102 Å². The Morgan fingerprint density at radius 1 is 0.885 bits per heavy atom. The van der Waals surface area contributed by atoms with Gasteiger partial charge in [0.1, 0.15) is 0 Å². The zero-order valence-electron chi connectivity index (χ0n) is 17.0. The molecule has 26 heavy (non-hydrogen) atoms. The Morgan fingerprint density at radius 2 is 1.38 bits per heavy atom. The summed E-state index contributed by atoms with van der Waals surface area (Å²) in [5.41, 5.74) is 8.52. The standard InChI is InChI=1S/C24H32N2/c1-15-6-16(2)23(17(3)7-15)25-14-26(19(5)18(25)4)24-11-20-8-21(12-24)10-22(9-20)13-24/h6-7,20-22H,8-13H2,1-5H3. The Morgan fingerprint density at radius 3 is 1.88 bits per heavy atom. The lowest BCUT2D eigenvalue weighted by Crippen LogP contribution is -2.52. The Balaban J connectivity index is 1.64. The van der Waals surface area contributed by atoms with Gasteiger partial charge < -0.3 is 9.13 Å². The molecule has 0 atom stereocenters. The van der Waals surface area contributed by atoms with Crippen molar-refractivity contribution in [3.05, 3.63) is 46.5 Å². The summed E-state index contributed by atoms with van der Waals surface area (Å²) in [7, 11) is 0. The molecule has 2 aromatic rings. The van der Waals surface area contributed by atoms with Gasteiger partial charge >= 0.3 is 0 Å². The quantitative estimate of drug-likeness (QED) is 0.531. The zero-order valence-corrected chi connectivity index (χ0v) is 17.0. The van der Waals surface area contributed by atoms with Crippen LogP contribution in [0.2, 0.25) is 0 Å². The number of hydrogen-bond acceptors (Lipinski definition) is 0. The molecule has 2 heteroatoms. The molecule has 0 aliphatic heterocycles. The number of aryl methyl sites for hydroxylation is 3. The molecule has 0 radical (unpaired) electrons. The van der Waals surface area contributed by atoms with Crippen LogP contribution in [0.1, 0.15) is 66.6 Å². The minimum atomic E-state index is 0.349. The molecule has 4 saturated carbocycles. The van der Waals surface area contributed by atoms with Crippen LogP contribution < -0.4 is 4.57 Å². The summed E-state index contributed by atoms with van der Waals surface area (Å²) in [5.74, 6) is 2.90. The van der Waals surface area contributed by atoms with Crippen molar-refractivity contribution >= 4 is 0 Å². The average molecular weight is 349 g/mol. The molecule has 4 aliphatic carbocycles. The van der Waals surface area contributed by atoms with Crippen LogP contribution in [0.15, 0.2) is 12.1 Å². The van der Waals surface area contributed by atoms with E-state index in [9.17, 15) is 0 Å². The fourth-order valence-corrected chi connectivity index (χ4v) is 7.12. The second-order valence-corrected chi connectivity index (χ2v) is 9.83. The second-order valence-electron chi connectivity index (χ2n) is 9.83. The van der Waals surface area contributed by atoms with Crippen molar-refractivity contribution in [2.75, 3.05) is 0 Å². The van der Waals surface area contributed by atoms with Crippen LogP contribution in [0.25, 0.3) is 5.69 Å². The van der Waals surface area contributed by atoms with Crippen LogP contribution in [0.4, 0.5) is 0 Å². The van der Waals surface area contributed by atoms with E-state index in [1.165, 1.54) is 72.3 Å². The van der Waals surface area contributed by atoms with Crippen LogP contribution in [-0.2, 0) is 5.54 Å². The first-order valence-corrected chi connectivity index (χ1v) is 10.5. The maximum Gasteiger partial charge on any atom is 0.244 e. The van der Waals surface area contributed by atoms with E-state index in [0.717, 1.165) is 17.8 Å². The van der Waals surface area contributed by atoms with Gasteiger partial charge in [-0.1, -0.05) is 17.7 Å². The van der Waals surface area contributed by atoms with E-state index in [1.54, 1.807) is 0 Å². The molecule has 1 aromatic carbocycles. The molecule has 4 fully saturated rings. The SMILES string of the molecule is Cc1cc(C)c(-[n+]2[c-]n(C34CC5CC(CC(C5)C3)C4)c(C)c2C)c(C)c1. The predicted octanol–water partition coefficient (Wildman–Crippen LogP) is 5.03. The van der Waals surface area contributed by atoms with E-state index in [0.29, 0.717) is 5.54 Å². The van der Waals surface area contributed by atoms with E-state index in [4.69, 9.17) is 0 Å².